The monoisotopic (exact) mass is 369 g/mol. The zero-order chi connectivity index (χ0) is 18.8. The first kappa shape index (κ1) is 17.7. The number of benzene rings is 1. The topological polar surface area (TPSA) is 100 Å². The minimum absolute atomic E-state index is 0.0889. The van der Waals surface area contributed by atoms with E-state index in [0.29, 0.717) is 11.5 Å². The van der Waals surface area contributed by atoms with Crippen LogP contribution in [-0.2, 0) is 4.79 Å². The summed E-state index contributed by atoms with van der Waals surface area (Å²) in [7, 11) is 0. The molecule has 2 aliphatic rings. The zero-order valence-electron chi connectivity index (χ0n) is 15.0. The average molecular weight is 369 g/mol. The quantitative estimate of drug-likeness (QED) is 0.728. The molecule has 0 aliphatic heterocycles. The van der Waals surface area contributed by atoms with E-state index in [1.807, 2.05) is 12.1 Å². The summed E-state index contributed by atoms with van der Waals surface area (Å²) in [4.78, 5) is 25.6. The number of nitrogens with zero attached hydrogens (tertiary/aromatic N) is 4. The highest BCUT2D eigenvalue weighted by Crippen LogP contribution is 2.33. The van der Waals surface area contributed by atoms with Crippen molar-refractivity contribution in [3.8, 4) is 5.69 Å². The van der Waals surface area contributed by atoms with Crippen molar-refractivity contribution in [2.24, 2.45) is 5.92 Å². The molecule has 0 saturated heterocycles. The largest absolute Gasteiger partial charge is 0.480 e. The van der Waals surface area contributed by atoms with E-state index in [1.54, 1.807) is 29.2 Å². The number of hydrogen-bond acceptors (Lipinski definition) is 5. The number of rotatable bonds is 8. The van der Waals surface area contributed by atoms with Gasteiger partial charge in [-0.15, -0.1) is 5.10 Å². The first-order chi connectivity index (χ1) is 13.1. The van der Waals surface area contributed by atoms with Crippen LogP contribution in [0.25, 0.3) is 5.69 Å². The molecule has 2 aliphatic carbocycles. The molecule has 0 unspecified atom stereocenters. The second-order valence-corrected chi connectivity index (χ2v) is 7.46. The molecular weight excluding hydrogens is 346 g/mol. The van der Waals surface area contributed by atoms with Crippen LogP contribution in [0.3, 0.4) is 0 Å². The van der Waals surface area contributed by atoms with Crippen LogP contribution < -0.4 is 5.32 Å². The summed E-state index contributed by atoms with van der Waals surface area (Å²) >= 11 is 0. The fraction of sp³-hybridized carbons (Fsp3) is 0.474. The lowest BCUT2D eigenvalue weighted by atomic mass is 9.85. The van der Waals surface area contributed by atoms with Crippen molar-refractivity contribution in [3.63, 3.8) is 0 Å². The third-order valence-corrected chi connectivity index (χ3v) is 5.31. The molecule has 0 spiro atoms. The first-order valence-corrected chi connectivity index (χ1v) is 9.32. The van der Waals surface area contributed by atoms with E-state index < -0.39 is 5.97 Å². The average Bonchev–Trinajstić information content (AvgIpc) is 3.26. The minimum atomic E-state index is -0.782. The van der Waals surface area contributed by atoms with Gasteiger partial charge in [0.2, 0.25) is 0 Å². The molecule has 1 heterocycles. The summed E-state index contributed by atoms with van der Waals surface area (Å²) in [5, 5.41) is 19.9. The maximum Gasteiger partial charge on any atom is 0.317 e. The lowest BCUT2D eigenvalue weighted by Crippen LogP contribution is -2.55. The van der Waals surface area contributed by atoms with Crippen molar-refractivity contribution in [2.75, 3.05) is 13.1 Å². The molecular formula is C19H23N5O3. The number of nitrogens with one attached hydrogen (secondary N) is 1. The van der Waals surface area contributed by atoms with Crippen molar-refractivity contribution >= 4 is 11.9 Å². The summed E-state index contributed by atoms with van der Waals surface area (Å²) in [6.07, 6.45) is 7.37. The second-order valence-electron chi connectivity index (χ2n) is 7.46. The molecule has 0 bridgehead atoms. The number of carbonyl (C=O) groups excluding carboxylic acids is 1. The SMILES string of the molecule is O=C(O)CN(CC1CC1)C1CC(NC(=O)c2ccc(-n3ccnn3)cc2)C1. The van der Waals surface area contributed by atoms with E-state index in [9.17, 15) is 9.59 Å². The standard InChI is InChI=1S/C19H23N5O3/c25-18(26)12-23(11-13-1-2-13)17-9-15(10-17)21-19(27)14-3-5-16(6-4-14)24-8-7-20-22-24/h3-8,13,15,17H,1-2,9-12H2,(H,21,27)(H,25,26). The highest BCUT2D eigenvalue weighted by Gasteiger charge is 2.37. The lowest BCUT2D eigenvalue weighted by molar-refractivity contribution is -0.139. The molecule has 1 aromatic carbocycles. The van der Waals surface area contributed by atoms with Crippen LogP contribution in [0.5, 0.6) is 0 Å². The summed E-state index contributed by atoms with van der Waals surface area (Å²) in [5.41, 5.74) is 1.44. The Hall–Kier alpha value is -2.74. The predicted octanol–water partition coefficient (Wildman–Crippen LogP) is 1.32. The Morgan fingerprint density at radius 2 is 1.96 bits per heavy atom. The van der Waals surface area contributed by atoms with E-state index in [4.69, 9.17) is 5.11 Å². The van der Waals surface area contributed by atoms with Gasteiger partial charge in [0, 0.05) is 24.2 Å². The molecule has 8 heteroatoms. The van der Waals surface area contributed by atoms with Gasteiger partial charge in [0.05, 0.1) is 24.6 Å². The number of carboxylic acid groups (broad SMARTS) is 1. The second kappa shape index (κ2) is 7.48. The van der Waals surface area contributed by atoms with Gasteiger partial charge in [-0.25, -0.2) is 4.68 Å². The summed E-state index contributed by atoms with van der Waals surface area (Å²) in [5.74, 6) is -0.229. The molecule has 2 saturated carbocycles. The highest BCUT2D eigenvalue weighted by molar-refractivity contribution is 5.94. The Bertz CT molecular complexity index is 795. The summed E-state index contributed by atoms with van der Waals surface area (Å²) in [6, 6.07) is 7.56. The van der Waals surface area contributed by atoms with Gasteiger partial charge >= 0.3 is 5.97 Å². The molecule has 0 radical (unpaired) electrons. The number of aromatic nitrogens is 3. The van der Waals surface area contributed by atoms with Gasteiger partial charge in [-0.3, -0.25) is 14.5 Å². The number of hydrogen-bond donors (Lipinski definition) is 2. The van der Waals surface area contributed by atoms with Gasteiger partial charge < -0.3 is 10.4 Å². The maximum atomic E-state index is 12.4. The van der Waals surface area contributed by atoms with E-state index >= 15 is 0 Å². The molecule has 2 aromatic rings. The van der Waals surface area contributed by atoms with Gasteiger partial charge in [0.1, 0.15) is 0 Å². The van der Waals surface area contributed by atoms with Crippen molar-refractivity contribution in [2.45, 2.75) is 37.8 Å². The third kappa shape index (κ3) is 4.33. The van der Waals surface area contributed by atoms with Gasteiger partial charge in [-0.1, -0.05) is 5.21 Å². The van der Waals surface area contributed by atoms with Crippen LogP contribution >= 0.6 is 0 Å². The van der Waals surface area contributed by atoms with Crippen molar-refractivity contribution in [1.82, 2.24) is 25.2 Å². The number of aliphatic carboxylic acids is 1. The molecule has 1 amide bonds. The summed E-state index contributed by atoms with van der Waals surface area (Å²) in [6.45, 7) is 0.951. The zero-order valence-corrected chi connectivity index (χ0v) is 15.0. The Morgan fingerprint density at radius 3 is 2.56 bits per heavy atom. The Kier molecular flexibility index (Phi) is 4.89. The lowest BCUT2D eigenvalue weighted by Gasteiger charge is -2.42. The fourth-order valence-electron chi connectivity index (χ4n) is 3.53. The van der Waals surface area contributed by atoms with Gasteiger partial charge in [0.15, 0.2) is 0 Å². The third-order valence-electron chi connectivity index (χ3n) is 5.31. The van der Waals surface area contributed by atoms with Crippen LogP contribution in [-0.4, -0.2) is 62.0 Å². The molecule has 142 valence electrons. The molecule has 0 atom stereocenters. The smallest absolute Gasteiger partial charge is 0.317 e. The van der Waals surface area contributed by atoms with E-state index in [-0.39, 0.29) is 24.5 Å². The molecule has 8 nitrogen and oxygen atoms in total. The van der Waals surface area contributed by atoms with Crippen molar-refractivity contribution in [3.05, 3.63) is 42.2 Å². The molecule has 2 N–H and O–H groups in total. The van der Waals surface area contributed by atoms with Crippen LogP contribution in [0.15, 0.2) is 36.7 Å². The Labute approximate surface area is 157 Å². The van der Waals surface area contributed by atoms with E-state index in [1.165, 1.54) is 12.8 Å². The van der Waals surface area contributed by atoms with E-state index in [2.05, 4.69) is 20.5 Å². The maximum absolute atomic E-state index is 12.4. The number of carboxylic acids is 1. The molecule has 27 heavy (non-hydrogen) atoms. The van der Waals surface area contributed by atoms with Gasteiger partial charge in [-0.2, -0.15) is 0 Å². The molecule has 1 aromatic heterocycles. The Morgan fingerprint density at radius 1 is 1.22 bits per heavy atom. The fourth-order valence-corrected chi connectivity index (χ4v) is 3.53. The first-order valence-electron chi connectivity index (χ1n) is 9.32. The molecule has 2 fully saturated rings. The molecule has 4 rings (SSSR count). The predicted molar refractivity (Wildman–Crippen MR) is 97.6 cm³/mol. The summed E-state index contributed by atoms with van der Waals surface area (Å²) < 4.78 is 1.63. The van der Waals surface area contributed by atoms with Gasteiger partial charge in [0.25, 0.3) is 5.91 Å². The number of amides is 1. The number of carbonyl (C=O) groups is 2. The van der Waals surface area contributed by atoms with Crippen LogP contribution in [0.1, 0.15) is 36.0 Å². The highest BCUT2D eigenvalue weighted by atomic mass is 16.4. The van der Waals surface area contributed by atoms with Crippen molar-refractivity contribution < 1.29 is 14.7 Å². The van der Waals surface area contributed by atoms with Crippen LogP contribution in [0, 0.1) is 5.92 Å². The Balaban J connectivity index is 1.28. The van der Waals surface area contributed by atoms with Gasteiger partial charge in [-0.05, 0) is 55.9 Å². The van der Waals surface area contributed by atoms with E-state index in [0.717, 1.165) is 25.1 Å². The van der Waals surface area contributed by atoms with Crippen LogP contribution in [0.4, 0.5) is 0 Å². The minimum Gasteiger partial charge on any atom is -0.480 e. The van der Waals surface area contributed by atoms with Crippen molar-refractivity contribution in [1.29, 1.82) is 0 Å². The van der Waals surface area contributed by atoms with Crippen LogP contribution in [0.2, 0.25) is 0 Å². The normalized spacial score (nSPS) is 21.7.